The maximum Gasteiger partial charge on any atom is 0.238 e. The molecule has 1 aromatic carbocycles. The van der Waals surface area contributed by atoms with Crippen LogP contribution in [0.1, 0.15) is 29.0 Å². The second-order valence-electron chi connectivity index (χ2n) is 4.12. The van der Waals surface area contributed by atoms with Crippen molar-refractivity contribution in [3.05, 3.63) is 29.3 Å². The Morgan fingerprint density at radius 1 is 1.35 bits per heavy atom. The first-order valence-electron chi connectivity index (χ1n) is 7.31. The van der Waals surface area contributed by atoms with Gasteiger partial charge in [-0.2, -0.15) is 0 Å². The monoisotopic (exact) mass is 237 g/mol. The molecule has 0 atom stereocenters. The second kappa shape index (κ2) is 6.40. The van der Waals surface area contributed by atoms with E-state index < -0.39 is 6.85 Å². The normalized spacial score (nSPS) is 14.0. The van der Waals surface area contributed by atoms with E-state index in [1.54, 1.807) is 4.90 Å². The highest BCUT2D eigenvalue weighted by atomic mass is 16.2. The first-order chi connectivity index (χ1) is 9.23. The summed E-state index contributed by atoms with van der Waals surface area (Å²) in [4.78, 5) is 13.7. The Balaban J connectivity index is 2.67. The standard InChI is InChI=1S/C14H22N2O/c1-5-16(6-2)10-13(17)15-14-11(3)8-7-9-12(14)4/h7-9H,5-6,10H2,1-4H3,(H,15,17)/i1D3. The molecule has 1 N–H and O–H groups in total. The van der Waals surface area contributed by atoms with Gasteiger partial charge in [-0.1, -0.05) is 32.0 Å². The predicted molar refractivity (Wildman–Crippen MR) is 72.3 cm³/mol. The maximum atomic E-state index is 12.0. The van der Waals surface area contributed by atoms with Crippen molar-refractivity contribution in [3.8, 4) is 0 Å². The highest BCUT2D eigenvalue weighted by Gasteiger charge is 2.09. The topological polar surface area (TPSA) is 32.3 Å². The summed E-state index contributed by atoms with van der Waals surface area (Å²) in [5.74, 6) is -0.187. The Morgan fingerprint density at radius 3 is 2.53 bits per heavy atom. The zero-order valence-electron chi connectivity index (χ0n) is 13.7. The van der Waals surface area contributed by atoms with Gasteiger partial charge < -0.3 is 5.32 Å². The van der Waals surface area contributed by atoms with Gasteiger partial charge in [-0.25, -0.2) is 0 Å². The van der Waals surface area contributed by atoms with E-state index in [9.17, 15) is 4.79 Å². The van der Waals surface area contributed by atoms with Crippen molar-refractivity contribution < 1.29 is 8.91 Å². The molecule has 0 saturated heterocycles. The number of hydrogen-bond donors (Lipinski definition) is 1. The number of anilines is 1. The fourth-order valence-electron chi connectivity index (χ4n) is 1.67. The largest absolute Gasteiger partial charge is 0.324 e. The molecule has 0 aliphatic rings. The van der Waals surface area contributed by atoms with Crippen molar-refractivity contribution in [2.75, 3.05) is 25.0 Å². The highest BCUT2D eigenvalue weighted by Crippen LogP contribution is 2.19. The molecule has 0 aliphatic carbocycles. The van der Waals surface area contributed by atoms with Crippen LogP contribution >= 0.6 is 0 Å². The number of benzene rings is 1. The molecule has 3 nitrogen and oxygen atoms in total. The minimum atomic E-state index is -2.05. The van der Waals surface area contributed by atoms with Gasteiger partial charge in [-0.05, 0) is 38.1 Å². The molecule has 1 aromatic rings. The van der Waals surface area contributed by atoms with E-state index in [1.165, 1.54) is 0 Å². The molecule has 0 bridgehead atoms. The van der Waals surface area contributed by atoms with Gasteiger partial charge in [0.15, 0.2) is 0 Å². The number of likely N-dealkylation sites (N-methyl/N-ethyl adjacent to an activating group) is 1. The second-order valence-corrected chi connectivity index (χ2v) is 4.12. The zero-order chi connectivity index (χ0) is 15.3. The number of rotatable bonds is 5. The van der Waals surface area contributed by atoms with Crippen molar-refractivity contribution in [2.24, 2.45) is 0 Å². The van der Waals surface area contributed by atoms with E-state index in [0.717, 1.165) is 16.8 Å². The molecule has 1 amide bonds. The first kappa shape index (κ1) is 9.66. The van der Waals surface area contributed by atoms with Gasteiger partial charge in [-0.3, -0.25) is 9.69 Å². The molecule has 0 radical (unpaired) electrons. The molecule has 3 heteroatoms. The summed E-state index contributed by atoms with van der Waals surface area (Å²) in [6.07, 6.45) is 0. The van der Waals surface area contributed by atoms with E-state index in [0.29, 0.717) is 6.54 Å². The van der Waals surface area contributed by atoms with Crippen LogP contribution in [-0.4, -0.2) is 30.4 Å². The Labute approximate surface area is 108 Å². The summed E-state index contributed by atoms with van der Waals surface area (Å²) in [5, 5.41) is 2.86. The Morgan fingerprint density at radius 2 is 2.00 bits per heavy atom. The van der Waals surface area contributed by atoms with Crippen LogP contribution in [0, 0.1) is 13.8 Å². The number of aryl methyl sites for hydroxylation is 2. The van der Waals surface area contributed by atoms with Gasteiger partial charge in [0, 0.05) is 9.80 Å². The zero-order valence-corrected chi connectivity index (χ0v) is 10.7. The number of amides is 1. The smallest absolute Gasteiger partial charge is 0.238 e. The molecule has 0 aliphatic heterocycles. The third-order valence-electron chi connectivity index (χ3n) is 2.78. The third-order valence-corrected chi connectivity index (χ3v) is 2.78. The molecular weight excluding hydrogens is 212 g/mol. The van der Waals surface area contributed by atoms with Gasteiger partial charge in [-0.15, -0.1) is 0 Å². The lowest BCUT2D eigenvalue weighted by Crippen LogP contribution is -2.33. The number of para-hydroxylation sites is 1. The Kier molecular flexibility index (Phi) is 3.64. The molecule has 1 rings (SSSR count). The van der Waals surface area contributed by atoms with Crippen molar-refractivity contribution in [1.29, 1.82) is 0 Å². The minimum Gasteiger partial charge on any atom is -0.324 e. The fourth-order valence-corrected chi connectivity index (χ4v) is 1.67. The number of nitrogens with zero attached hydrogens (tertiary/aromatic N) is 1. The lowest BCUT2D eigenvalue weighted by Gasteiger charge is -2.18. The molecule has 0 aromatic heterocycles. The number of carbonyl (C=O) groups excluding carboxylic acids is 1. The summed E-state index contributed by atoms with van der Waals surface area (Å²) >= 11 is 0. The fraction of sp³-hybridized carbons (Fsp3) is 0.500. The summed E-state index contributed by atoms with van der Waals surface area (Å²) in [6.45, 7) is 4.20. The van der Waals surface area contributed by atoms with Gasteiger partial charge in [0.1, 0.15) is 0 Å². The average molecular weight is 237 g/mol. The van der Waals surface area contributed by atoms with E-state index in [4.69, 9.17) is 4.11 Å². The molecule has 0 heterocycles. The van der Waals surface area contributed by atoms with Gasteiger partial charge in [0.25, 0.3) is 0 Å². The van der Waals surface area contributed by atoms with Gasteiger partial charge >= 0.3 is 0 Å². The maximum absolute atomic E-state index is 12.0. The van der Waals surface area contributed by atoms with Gasteiger partial charge in [0.2, 0.25) is 5.91 Å². The number of carbonyl (C=O) groups is 1. The van der Waals surface area contributed by atoms with Crippen LogP contribution in [0.15, 0.2) is 18.2 Å². The van der Waals surface area contributed by atoms with Crippen LogP contribution in [0.5, 0.6) is 0 Å². The molecular formula is C14H22N2O. The Hall–Kier alpha value is -1.35. The molecule has 0 fully saturated rings. The number of hydrogen-bond acceptors (Lipinski definition) is 2. The quantitative estimate of drug-likeness (QED) is 0.853. The molecule has 0 saturated carbocycles. The third kappa shape index (κ3) is 3.86. The van der Waals surface area contributed by atoms with Crippen LogP contribution in [0.4, 0.5) is 5.69 Å². The van der Waals surface area contributed by atoms with Crippen molar-refractivity contribution in [1.82, 2.24) is 4.90 Å². The molecule has 0 unspecified atom stereocenters. The van der Waals surface area contributed by atoms with E-state index in [2.05, 4.69) is 5.32 Å². The predicted octanol–water partition coefficient (Wildman–Crippen LogP) is 2.58. The van der Waals surface area contributed by atoms with E-state index >= 15 is 0 Å². The molecule has 0 spiro atoms. The van der Waals surface area contributed by atoms with Gasteiger partial charge in [0.05, 0.1) is 6.54 Å². The summed E-state index contributed by atoms with van der Waals surface area (Å²) in [5.41, 5.74) is 2.80. The number of nitrogens with one attached hydrogen (secondary N) is 1. The van der Waals surface area contributed by atoms with Crippen molar-refractivity contribution in [3.63, 3.8) is 0 Å². The highest BCUT2D eigenvalue weighted by molar-refractivity contribution is 5.93. The average Bonchev–Trinajstić information content (AvgIpc) is 2.31. The first-order valence-corrected chi connectivity index (χ1v) is 5.81. The van der Waals surface area contributed by atoms with Crippen LogP contribution in [0.3, 0.4) is 0 Å². The molecule has 94 valence electrons. The lowest BCUT2D eigenvalue weighted by atomic mass is 10.1. The van der Waals surface area contributed by atoms with Crippen LogP contribution < -0.4 is 5.32 Å². The summed E-state index contributed by atoms with van der Waals surface area (Å²) < 4.78 is 21.8. The lowest BCUT2D eigenvalue weighted by molar-refractivity contribution is -0.117. The molecule has 17 heavy (non-hydrogen) atoms. The minimum absolute atomic E-state index is 0.0797. The van der Waals surface area contributed by atoms with Crippen molar-refractivity contribution in [2.45, 2.75) is 27.6 Å². The summed E-state index contributed by atoms with van der Waals surface area (Å²) in [6, 6.07) is 5.80. The summed E-state index contributed by atoms with van der Waals surface area (Å²) in [7, 11) is 0. The van der Waals surface area contributed by atoms with Crippen LogP contribution in [0.2, 0.25) is 0 Å². The Bertz CT molecular complexity index is 452. The van der Waals surface area contributed by atoms with Crippen molar-refractivity contribution >= 4 is 11.6 Å². The van der Waals surface area contributed by atoms with E-state index in [1.807, 2.05) is 39.0 Å². The van der Waals surface area contributed by atoms with E-state index in [-0.39, 0.29) is 19.0 Å². The van der Waals surface area contributed by atoms with Crippen LogP contribution in [0.25, 0.3) is 0 Å². The van der Waals surface area contributed by atoms with Crippen LogP contribution in [-0.2, 0) is 4.79 Å². The SMILES string of the molecule is [2H]C([2H])([2H])CN(CC)CC(=O)Nc1c(C)cccc1C.